The van der Waals surface area contributed by atoms with Gasteiger partial charge in [0.2, 0.25) is 0 Å². The van der Waals surface area contributed by atoms with Crippen LogP contribution in [0.3, 0.4) is 0 Å². The number of aliphatic hydroxyl groups is 1. The highest BCUT2D eigenvalue weighted by atomic mass is 32.1. The second kappa shape index (κ2) is 5.87. The fourth-order valence-corrected chi connectivity index (χ4v) is 2.60. The van der Waals surface area contributed by atoms with Crippen molar-refractivity contribution in [2.24, 2.45) is 10.3 Å². The predicted molar refractivity (Wildman–Crippen MR) is 80.4 cm³/mol. The lowest BCUT2D eigenvalue weighted by Gasteiger charge is -2.23. The quantitative estimate of drug-likeness (QED) is 0.653. The maximum atomic E-state index is 13.2. The number of hydrogen-bond donors (Lipinski definition) is 2. The Labute approximate surface area is 136 Å². The van der Waals surface area contributed by atoms with Crippen LogP contribution in [0.4, 0.5) is 23.2 Å². The van der Waals surface area contributed by atoms with Crippen LogP contribution in [0.2, 0.25) is 0 Å². The Morgan fingerprint density at radius 2 is 1.92 bits per heavy atom. The molecule has 0 bridgehead atoms. The zero-order valence-electron chi connectivity index (χ0n) is 11.7. The molecular weight excluding hydrogens is 350 g/mol. The third kappa shape index (κ3) is 2.85. The molecule has 1 atom stereocenters. The first kappa shape index (κ1) is 16.4. The minimum absolute atomic E-state index is 0.228. The highest BCUT2D eigenvalue weighted by Crippen LogP contribution is 2.38. The van der Waals surface area contributed by atoms with E-state index in [1.54, 1.807) is 11.4 Å². The highest BCUT2D eigenvalue weighted by Gasteiger charge is 2.65. The Hall–Kier alpha value is -2.46. The molecule has 1 aliphatic heterocycles. The number of thiophene rings is 1. The number of nitrogens with one attached hydrogen (secondary N) is 1. The monoisotopic (exact) mass is 359 g/mol. The maximum Gasteiger partial charge on any atom is 0.464 e. The van der Waals surface area contributed by atoms with Crippen LogP contribution in [0.1, 0.15) is 4.88 Å². The minimum Gasteiger partial charge on any atom is -0.343 e. The molecule has 0 fully saturated rings. The van der Waals surface area contributed by atoms with E-state index in [1.807, 2.05) is 0 Å². The molecule has 0 aliphatic carbocycles. The van der Waals surface area contributed by atoms with E-state index in [9.17, 15) is 22.7 Å². The molecule has 1 aliphatic rings. The van der Waals surface area contributed by atoms with Crippen molar-refractivity contribution in [2.45, 2.75) is 12.0 Å². The second-order valence-electron chi connectivity index (χ2n) is 4.73. The summed E-state index contributed by atoms with van der Waals surface area (Å²) in [6, 6.07) is 7.91. The lowest BCUT2D eigenvalue weighted by molar-refractivity contribution is -0.325. The number of hydrogen-bond acceptors (Lipinski definition) is 6. The zero-order chi connectivity index (χ0) is 17.4. The number of oxime groups is 1. The molecule has 2 heterocycles. The second-order valence-corrected chi connectivity index (χ2v) is 5.68. The van der Waals surface area contributed by atoms with Crippen molar-refractivity contribution < 1.29 is 27.5 Å². The number of halogens is 4. The molecule has 1 aromatic carbocycles. The normalized spacial score (nSPS) is 22.4. The van der Waals surface area contributed by atoms with Gasteiger partial charge >= 0.3 is 12.0 Å². The number of rotatable bonds is 3. The molecule has 0 radical (unpaired) electrons. The summed E-state index contributed by atoms with van der Waals surface area (Å²) in [5.41, 5.74) is 1.50. The average molecular weight is 359 g/mol. The molecule has 1 unspecified atom stereocenters. The Bertz CT molecular complexity index is 787. The molecule has 3 rings (SSSR count). The molecular formula is C14H9F4N3O2S. The summed E-state index contributed by atoms with van der Waals surface area (Å²) < 4.78 is 52.4. The van der Waals surface area contributed by atoms with Gasteiger partial charge in [0, 0.05) is 0 Å². The van der Waals surface area contributed by atoms with Crippen molar-refractivity contribution in [2.75, 3.05) is 5.43 Å². The van der Waals surface area contributed by atoms with Crippen molar-refractivity contribution in [3.05, 3.63) is 52.5 Å². The predicted octanol–water partition coefficient (Wildman–Crippen LogP) is 3.34. The van der Waals surface area contributed by atoms with Gasteiger partial charge in [0.1, 0.15) is 5.82 Å². The van der Waals surface area contributed by atoms with Gasteiger partial charge in [0.05, 0.1) is 10.6 Å². The average Bonchev–Trinajstić information content (AvgIpc) is 3.14. The largest absolute Gasteiger partial charge is 0.464 e. The van der Waals surface area contributed by atoms with Gasteiger partial charge in [-0.15, -0.1) is 11.3 Å². The van der Waals surface area contributed by atoms with E-state index >= 15 is 0 Å². The van der Waals surface area contributed by atoms with Crippen LogP contribution in [-0.2, 0) is 4.84 Å². The van der Waals surface area contributed by atoms with Gasteiger partial charge in [-0.25, -0.2) is 4.39 Å². The number of anilines is 1. The fraction of sp³-hybridized carbons (Fsp3) is 0.143. The van der Waals surface area contributed by atoms with E-state index in [2.05, 4.69) is 20.5 Å². The van der Waals surface area contributed by atoms with Crippen LogP contribution >= 0.6 is 11.3 Å². The van der Waals surface area contributed by atoms with Crippen molar-refractivity contribution in [3.63, 3.8) is 0 Å². The summed E-state index contributed by atoms with van der Waals surface area (Å²) >= 11 is 1.11. The first-order valence-electron chi connectivity index (χ1n) is 6.50. The lowest BCUT2D eigenvalue weighted by Crippen LogP contribution is -2.52. The highest BCUT2D eigenvalue weighted by molar-refractivity contribution is 7.13. The lowest BCUT2D eigenvalue weighted by atomic mass is 10.1. The van der Waals surface area contributed by atoms with Crippen LogP contribution in [0.25, 0.3) is 0 Å². The molecule has 10 heteroatoms. The Balaban J connectivity index is 1.98. The van der Waals surface area contributed by atoms with E-state index in [-0.39, 0.29) is 11.4 Å². The molecule has 5 nitrogen and oxygen atoms in total. The molecule has 126 valence electrons. The molecule has 0 amide bonds. The van der Waals surface area contributed by atoms with Crippen molar-refractivity contribution in [3.8, 4) is 0 Å². The van der Waals surface area contributed by atoms with Gasteiger partial charge in [-0.2, -0.15) is 18.3 Å². The number of hydrazone groups is 1. The maximum absolute atomic E-state index is 13.2. The van der Waals surface area contributed by atoms with E-state index in [1.165, 1.54) is 18.2 Å². The third-order valence-corrected chi connectivity index (χ3v) is 3.97. The third-order valence-electron chi connectivity index (χ3n) is 3.09. The topological polar surface area (TPSA) is 66.2 Å². The molecule has 2 aromatic rings. The molecule has 24 heavy (non-hydrogen) atoms. The standard InChI is InChI=1S/C14H9F4N3O2S/c15-8-3-5-9(6-4-8)19-20-12-11(10-2-1-7-24-10)21-23-13(12,22)14(16,17)18/h1-7,19,22H/b20-12-. The smallest absolute Gasteiger partial charge is 0.343 e. The summed E-state index contributed by atoms with van der Waals surface area (Å²) in [4.78, 5) is 4.60. The van der Waals surface area contributed by atoms with Gasteiger partial charge < -0.3 is 9.94 Å². The van der Waals surface area contributed by atoms with Gasteiger partial charge in [0.15, 0.2) is 11.4 Å². The van der Waals surface area contributed by atoms with E-state index in [0.717, 1.165) is 23.5 Å². The van der Waals surface area contributed by atoms with Crippen LogP contribution in [0, 0.1) is 5.82 Å². The fourth-order valence-electron chi connectivity index (χ4n) is 1.89. The Morgan fingerprint density at radius 3 is 2.50 bits per heavy atom. The summed E-state index contributed by atoms with van der Waals surface area (Å²) in [5.74, 6) is -4.18. The van der Waals surface area contributed by atoms with Gasteiger partial charge in [-0.1, -0.05) is 11.2 Å². The first-order chi connectivity index (χ1) is 11.3. The van der Waals surface area contributed by atoms with Gasteiger partial charge in [-0.05, 0) is 35.7 Å². The first-order valence-corrected chi connectivity index (χ1v) is 7.38. The summed E-state index contributed by atoms with van der Waals surface area (Å²) in [7, 11) is 0. The van der Waals surface area contributed by atoms with Gasteiger partial charge in [0.25, 0.3) is 0 Å². The van der Waals surface area contributed by atoms with Crippen LogP contribution in [0.15, 0.2) is 52.0 Å². The zero-order valence-corrected chi connectivity index (χ0v) is 12.5. The SMILES string of the molecule is OC1(C(F)(F)F)ON=C(c2cccs2)/C1=N/Nc1ccc(F)cc1. The van der Waals surface area contributed by atoms with E-state index in [4.69, 9.17) is 0 Å². The van der Waals surface area contributed by atoms with Crippen molar-refractivity contribution in [1.29, 1.82) is 0 Å². The molecule has 0 spiro atoms. The Kier molecular flexibility index (Phi) is 4.01. The summed E-state index contributed by atoms with van der Waals surface area (Å²) in [5, 5.41) is 18.5. The van der Waals surface area contributed by atoms with Gasteiger partial charge in [-0.3, -0.25) is 5.43 Å². The number of benzene rings is 1. The summed E-state index contributed by atoms with van der Waals surface area (Å²) in [6.45, 7) is 0. The van der Waals surface area contributed by atoms with Crippen LogP contribution in [0.5, 0.6) is 0 Å². The molecule has 0 saturated heterocycles. The van der Waals surface area contributed by atoms with Crippen LogP contribution < -0.4 is 5.43 Å². The minimum atomic E-state index is -5.15. The number of nitrogens with zero attached hydrogens (tertiary/aromatic N) is 2. The molecule has 1 aromatic heterocycles. The number of alkyl halides is 3. The van der Waals surface area contributed by atoms with Crippen molar-refractivity contribution >= 4 is 28.4 Å². The van der Waals surface area contributed by atoms with Crippen LogP contribution in [-0.4, -0.2) is 28.5 Å². The van der Waals surface area contributed by atoms with E-state index < -0.39 is 23.5 Å². The Morgan fingerprint density at radius 1 is 1.21 bits per heavy atom. The van der Waals surface area contributed by atoms with E-state index in [0.29, 0.717) is 4.88 Å². The van der Waals surface area contributed by atoms with Crippen molar-refractivity contribution in [1.82, 2.24) is 0 Å². The molecule has 2 N–H and O–H groups in total. The molecule has 0 saturated carbocycles. The summed E-state index contributed by atoms with van der Waals surface area (Å²) in [6.07, 6.45) is -5.15.